The molecule has 0 atom stereocenters. The predicted molar refractivity (Wildman–Crippen MR) is 110 cm³/mol. The van der Waals surface area contributed by atoms with Gasteiger partial charge in [0.1, 0.15) is 0 Å². The zero-order valence-electron chi connectivity index (χ0n) is 17.1. The van der Waals surface area contributed by atoms with Gasteiger partial charge in [0.05, 0.1) is 13.2 Å². The second-order valence-corrected chi connectivity index (χ2v) is 7.55. The Morgan fingerprint density at radius 2 is 1.81 bits per heavy atom. The van der Waals surface area contributed by atoms with Gasteiger partial charge in [-0.1, -0.05) is 19.3 Å². The number of morpholine rings is 1. The Morgan fingerprint density at radius 3 is 2.56 bits per heavy atom. The average molecular weight is 382 g/mol. The molecule has 156 valence electrons. The normalized spacial score (nSPS) is 19.7. The van der Waals surface area contributed by atoms with Crippen LogP contribution in [0, 0.1) is 5.92 Å². The smallest absolute Gasteiger partial charge is 0.220 e. The minimum Gasteiger partial charge on any atom is -0.379 e. The van der Waals surface area contributed by atoms with Gasteiger partial charge in [0.2, 0.25) is 5.91 Å². The maximum Gasteiger partial charge on any atom is 0.220 e. The van der Waals surface area contributed by atoms with E-state index in [1.54, 1.807) is 0 Å². The number of aliphatic imine (C=N–C) groups is 1. The van der Waals surface area contributed by atoms with E-state index in [4.69, 9.17) is 4.74 Å². The van der Waals surface area contributed by atoms with Crippen molar-refractivity contribution in [1.29, 1.82) is 0 Å². The van der Waals surface area contributed by atoms with Gasteiger partial charge in [-0.05, 0) is 32.1 Å². The summed E-state index contributed by atoms with van der Waals surface area (Å²) in [6.45, 7) is 9.88. The molecule has 0 aromatic heterocycles. The molecule has 1 heterocycles. The SMILES string of the molecule is CCNC(=NCCCN1CCOCC1)NCCNC(=O)CC1CCCCC1. The molecular formula is C20H39N5O2. The van der Waals surface area contributed by atoms with E-state index in [1.165, 1.54) is 32.1 Å². The van der Waals surface area contributed by atoms with Crippen LogP contribution in [0.3, 0.4) is 0 Å². The fraction of sp³-hybridized carbons (Fsp3) is 0.900. The Labute approximate surface area is 164 Å². The minimum absolute atomic E-state index is 0.191. The molecule has 0 bridgehead atoms. The molecule has 3 N–H and O–H groups in total. The molecule has 7 nitrogen and oxygen atoms in total. The molecule has 0 unspecified atom stereocenters. The van der Waals surface area contributed by atoms with Crippen molar-refractivity contribution in [2.45, 2.75) is 51.9 Å². The number of nitrogens with one attached hydrogen (secondary N) is 3. The van der Waals surface area contributed by atoms with Crippen LogP contribution in [0.15, 0.2) is 4.99 Å². The zero-order chi connectivity index (χ0) is 19.2. The minimum atomic E-state index is 0.191. The van der Waals surface area contributed by atoms with Gasteiger partial charge in [0.15, 0.2) is 5.96 Å². The van der Waals surface area contributed by atoms with Crippen LogP contribution < -0.4 is 16.0 Å². The Hall–Kier alpha value is -1.34. The van der Waals surface area contributed by atoms with Crippen molar-refractivity contribution < 1.29 is 9.53 Å². The lowest BCUT2D eigenvalue weighted by Gasteiger charge is -2.26. The Kier molecular flexibility index (Phi) is 11.2. The number of hydrogen-bond acceptors (Lipinski definition) is 4. The first kappa shape index (κ1) is 22.0. The summed E-state index contributed by atoms with van der Waals surface area (Å²) in [5.74, 6) is 1.62. The van der Waals surface area contributed by atoms with Gasteiger partial charge in [0.25, 0.3) is 0 Å². The molecule has 2 fully saturated rings. The van der Waals surface area contributed by atoms with Gasteiger partial charge in [0, 0.05) is 52.2 Å². The quantitative estimate of drug-likeness (QED) is 0.302. The summed E-state index contributed by atoms with van der Waals surface area (Å²) in [6.07, 6.45) is 8.08. The fourth-order valence-corrected chi connectivity index (χ4v) is 3.76. The van der Waals surface area contributed by atoms with Crippen LogP contribution >= 0.6 is 0 Å². The second-order valence-electron chi connectivity index (χ2n) is 7.55. The first-order valence-corrected chi connectivity index (χ1v) is 10.9. The number of amides is 1. The number of ether oxygens (including phenoxy) is 1. The Bertz CT molecular complexity index is 432. The van der Waals surface area contributed by atoms with E-state index in [9.17, 15) is 4.79 Å². The number of nitrogens with zero attached hydrogens (tertiary/aromatic N) is 2. The molecule has 1 saturated heterocycles. The van der Waals surface area contributed by atoms with Gasteiger partial charge < -0.3 is 20.7 Å². The summed E-state index contributed by atoms with van der Waals surface area (Å²) in [7, 11) is 0. The van der Waals surface area contributed by atoms with Crippen molar-refractivity contribution in [2.24, 2.45) is 10.9 Å². The summed E-state index contributed by atoms with van der Waals surface area (Å²) < 4.78 is 5.37. The van der Waals surface area contributed by atoms with E-state index in [0.717, 1.165) is 58.3 Å². The summed E-state index contributed by atoms with van der Waals surface area (Å²) >= 11 is 0. The van der Waals surface area contributed by atoms with Crippen molar-refractivity contribution in [3.8, 4) is 0 Å². The van der Waals surface area contributed by atoms with E-state index >= 15 is 0 Å². The van der Waals surface area contributed by atoms with E-state index < -0.39 is 0 Å². The van der Waals surface area contributed by atoms with Crippen molar-refractivity contribution in [3.63, 3.8) is 0 Å². The Balaban J connectivity index is 1.55. The van der Waals surface area contributed by atoms with Crippen LogP contribution in [-0.2, 0) is 9.53 Å². The topological polar surface area (TPSA) is 78.0 Å². The first-order valence-electron chi connectivity index (χ1n) is 10.9. The number of rotatable bonds is 10. The van der Waals surface area contributed by atoms with Crippen LogP contribution in [0.5, 0.6) is 0 Å². The van der Waals surface area contributed by atoms with Gasteiger partial charge in [-0.2, -0.15) is 0 Å². The number of hydrogen-bond donors (Lipinski definition) is 3. The third-order valence-corrected chi connectivity index (χ3v) is 5.29. The molecule has 2 aliphatic rings. The molecule has 0 aromatic carbocycles. The number of carbonyl (C=O) groups is 1. The van der Waals surface area contributed by atoms with Crippen molar-refractivity contribution in [1.82, 2.24) is 20.9 Å². The molecule has 0 radical (unpaired) electrons. The number of guanidine groups is 1. The van der Waals surface area contributed by atoms with Crippen molar-refractivity contribution in [2.75, 3.05) is 59.0 Å². The lowest BCUT2D eigenvalue weighted by molar-refractivity contribution is -0.122. The van der Waals surface area contributed by atoms with Crippen LogP contribution in [0.25, 0.3) is 0 Å². The number of carbonyl (C=O) groups excluding carboxylic acids is 1. The molecule has 1 aliphatic carbocycles. The monoisotopic (exact) mass is 381 g/mol. The highest BCUT2D eigenvalue weighted by Gasteiger charge is 2.16. The lowest BCUT2D eigenvalue weighted by Crippen LogP contribution is -2.42. The average Bonchev–Trinajstić information content (AvgIpc) is 2.70. The standard InChI is InChI=1S/C20H39N5O2/c1-2-21-20(23-9-6-12-25-13-15-27-16-14-25)24-11-10-22-19(26)17-18-7-4-3-5-8-18/h18H,2-17H2,1H3,(H,22,26)(H2,21,23,24). The first-order chi connectivity index (χ1) is 13.3. The van der Waals surface area contributed by atoms with E-state index in [-0.39, 0.29) is 5.91 Å². The molecule has 7 heteroatoms. The maximum atomic E-state index is 12.0. The van der Waals surface area contributed by atoms with E-state index in [2.05, 4.69) is 32.8 Å². The predicted octanol–water partition coefficient (Wildman–Crippen LogP) is 1.35. The third-order valence-electron chi connectivity index (χ3n) is 5.29. The highest BCUT2D eigenvalue weighted by Crippen LogP contribution is 2.25. The lowest BCUT2D eigenvalue weighted by atomic mass is 9.87. The molecule has 27 heavy (non-hydrogen) atoms. The third kappa shape index (κ3) is 9.96. The van der Waals surface area contributed by atoms with Gasteiger partial charge in [-0.15, -0.1) is 0 Å². The van der Waals surface area contributed by atoms with Crippen LogP contribution in [0.4, 0.5) is 0 Å². The molecule has 1 amide bonds. The van der Waals surface area contributed by atoms with Crippen molar-refractivity contribution >= 4 is 11.9 Å². The zero-order valence-corrected chi connectivity index (χ0v) is 17.1. The highest BCUT2D eigenvalue weighted by molar-refractivity contribution is 5.80. The summed E-state index contributed by atoms with van der Waals surface area (Å²) in [6, 6.07) is 0. The summed E-state index contributed by atoms with van der Waals surface area (Å²) in [4.78, 5) is 19.1. The second kappa shape index (κ2) is 13.8. The summed E-state index contributed by atoms with van der Waals surface area (Å²) in [5, 5.41) is 9.61. The molecule has 1 saturated carbocycles. The highest BCUT2D eigenvalue weighted by atomic mass is 16.5. The van der Waals surface area contributed by atoms with Crippen LogP contribution in [0.1, 0.15) is 51.9 Å². The van der Waals surface area contributed by atoms with E-state index in [1.807, 2.05) is 0 Å². The van der Waals surface area contributed by atoms with Crippen molar-refractivity contribution in [3.05, 3.63) is 0 Å². The molecule has 1 aliphatic heterocycles. The molecule has 0 aromatic rings. The summed E-state index contributed by atoms with van der Waals surface area (Å²) in [5.41, 5.74) is 0. The fourth-order valence-electron chi connectivity index (χ4n) is 3.76. The largest absolute Gasteiger partial charge is 0.379 e. The molecular weight excluding hydrogens is 342 g/mol. The van der Waals surface area contributed by atoms with Crippen LogP contribution in [0.2, 0.25) is 0 Å². The van der Waals surface area contributed by atoms with Gasteiger partial charge in [-0.25, -0.2) is 0 Å². The van der Waals surface area contributed by atoms with E-state index in [0.29, 0.717) is 25.4 Å². The molecule has 2 rings (SSSR count). The Morgan fingerprint density at radius 1 is 1.07 bits per heavy atom. The maximum absolute atomic E-state index is 12.0. The van der Waals surface area contributed by atoms with Gasteiger partial charge >= 0.3 is 0 Å². The molecule has 0 spiro atoms. The van der Waals surface area contributed by atoms with Crippen LogP contribution in [-0.4, -0.2) is 75.8 Å². The van der Waals surface area contributed by atoms with Gasteiger partial charge in [-0.3, -0.25) is 14.7 Å².